The standard InChI is InChI=1S/C7H5N2S/c8-7-5-3-1-2-4-6(5)9-10-7/h1-4,8H. The van der Waals surface area contributed by atoms with Gasteiger partial charge in [0, 0.05) is 5.39 Å². The minimum absolute atomic E-state index is 0.551. The SMILES string of the molecule is [NH]c1snc2ccccc12. The predicted octanol–water partition coefficient (Wildman–Crippen LogP) is 2.21. The Kier molecular flexibility index (Phi) is 1.11. The molecule has 0 spiro atoms. The summed E-state index contributed by atoms with van der Waals surface area (Å²) in [6.07, 6.45) is 0. The molecule has 2 aromatic rings. The van der Waals surface area contributed by atoms with Crippen molar-refractivity contribution in [3.05, 3.63) is 24.3 Å². The van der Waals surface area contributed by atoms with Gasteiger partial charge < -0.3 is 0 Å². The Morgan fingerprint density at radius 3 is 2.90 bits per heavy atom. The van der Waals surface area contributed by atoms with Gasteiger partial charge in [0.25, 0.3) is 0 Å². The molecule has 49 valence electrons. The molecule has 0 bridgehead atoms. The molecular weight excluding hydrogens is 144 g/mol. The van der Waals surface area contributed by atoms with E-state index >= 15 is 0 Å². The zero-order chi connectivity index (χ0) is 6.97. The Balaban J connectivity index is 2.93. The first-order valence-electron chi connectivity index (χ1n) is 2.94. The van der Waals surface area contributed by atoms with Crippen LogP contribution < -0.4 is 5.73 Å². The largest absolute Gasteiger partial charge is 0.289 e. The van der Waals surface area contributed by atoms with E-state index in [0.29, 0.717) is 5.00 Å². The third-order valence-corrected chi connectivity index (χ3v) is 2.07. The Bertz CT molecular complexity index is 353. The molecule has 0 aliphatic heterocycles. The average molecular weight is 149 g/mol. The second-order valence-corrected chi connectivity index (χ2v) is 2.80. The zero-order valence-corrected chi connectivity index (χ0v) is 5.98. The van der Waals surface area contributed by atoms with Crippen LogP contribution in [0.4, 0.5) is 5.00 Å². The molecule has 0 amide bonds. The molecule has 3 heteroatoms. The van der Waals surface area contributed by atoms with E-state index in [4.69, 9.17) is 5.73 Å². The van der Waals surface area contributed by atoms with Crippen molar-refractivity contribution in [2.75, 3.05) is 0 Å². The lowest BCUT2D eigenvalue weighted by atomic mass is 10.2. The molecule has 2 nitrogen and oxygen atoms in total. The quantitative estimate of drug-likeness (QED) is 0.565. The lowest BCUT2D eigenvalue weighted by Crippen LogP contribution is -1.64. The molecule has 1 heterocycles. The molecule has 2 rings (SSSR count). The highest BCUT2D eigenvalue weighted by Gasteiger charge is 1.99. The molecule has 1 radical (unpaired) electrons. The number of nitrogens with zero attached hydrogens (tertiary/aromatic N) is 1. The van der Waals surface area contributed by atoms with E-state index in [1.54, 1.807) is 0 Å². The minimum atomic E-state index is 0.551. The molecule has 0 aliphatic carbocycles. The number of aromatic nitrogens is 1. The third-order valence-electron chi connectivity index (χ3n) is 1.38. The van der Waals surface area contributed by atoms with Gasteiger partial charge in [0.1, 0.15) is 5.00 Å². The fraction of sp³-hybridized carbons (Fsp3) is 0. The van der Waals surface area contributed by atoms with Crippen molar-refractivity contribution in [2.24, 2.45) is 0 Å². The van der Waals surface area contributed by atoms with Gasteiger partial charge >= 0.3 is 0 Å². The van der Waals surface area contributed by atoms with Crippen LogP contribution in [-0.2, 0) is 0 Å². The van der Waals surface area contributed by atoms with Gasteiger partial charge in [-0.3, -0.25) is 5.73 Å². The molecule has 10 heavy (non-hydrogen) atoms. The summed E-state index contributed by atoms with van der Waals surface area (Å²) in [6, 6.07) is 7.70. The summed E-state index contributed by atoms with van der Waals surface area (Å²) >= 11 is 1.23. The summed E-state index contributed by atoms with van der Waals surface area (Å²) in [6.45, 7) is 0. The summed E-state index contributed by atoms with van der Waals surface area (Å²) in [5.74, 6) is 0. The normalized spacial score (nSPS) is 10.4. The molecule has 1 aromatic heterocycles. The summed E-state index contributed by atoms with van der Waals surface area (Å²) < 4.78 is 4.07. The Morgan fingerprint density at radius 2 is 2.10 bits per heavy atom. The second kappa shape index (κ2) is 1.95. The van der Waals surface area contributed by atoms with Gasteiger partial charge in [0.2, 0.25) is 0 Å². The van der Waals surface area contributed by atoms with E-state index < -0.39 is 0 Å². The summed E-state index contributed by atoms with van der Waals surface area (Å²) in [5, 5.41) is 1.50. The smallest absolute Gasteiger partial charge is 0.135 e. The van der Waals surface area contributed by atoms with Gasteiger partial charge in [0.05, 0.1) is 5.52 Å². The van der Waals surface area contributed by atoms with Crippen molar-refractivity contribution in [1.82, 2.24) is 10.1 Å². The molecule has 0 saturated heterocycles. The molecule has 0 fully saturated rings. The second-order valence-electron chi connectivity index (χ2n) is 2.03. The van der Waals surface area contributed by atoms with Crippen LogP contribution >= 0.6 is 11.5 Å². The molecule has 0 unspecified atom stereocenters. The predicted molar refractivity (Wildman–Crippen MR) is 42.4 cm³/mol. The van der Waals surface area contributed by atoms with Crippen molar-refractivity contribution in [2.45, 2.75) is 0 Å². The van der Waals surface area contributed by atoms with Crippen molar-refractivity contribution < 1.29 is 0 Å². The number of benzene rings is 1. The first-order valence-corrected chi connectivity index (χ1v) is 3.71. The van der Waals surface area contributed by atoms with Gasteiger partial charge in [-0.25, -0.2) is 0 Å². The van der Waals surface area contributed by atoms with Crippen LogP contribution in [-0.4, -0.2) is 4.37 Å². The molecule has 0 saturated carbocycles. The lowest BCUT2D eigenvalue weighted by Gasteiger charge is -1.83. The van der Waals surface area contributed by atoms with Crippen LogP contribution in [0.2, 0.25) is 0 Å². The highest BCUT2D eigenvalue weighted by atomic mass is 32.1. The fourth-order valence-corrected chi connectivity index (χ4v) is 1.51. The summed E-state index contributed by atoms with van der Waals surface area (Å²) in [7, 11) is 0. The number of rotatable bonds is 0. The van der Waals surface area contributed by atoms with E-state index in [1.807, 2.05) is 24.3 Å². The summed E-state index contributed by atoms with van der Waals surface area (Å²) in [5.41, 5.74) is 8.33. The highest BCUT2D eigenvalue weighted by Crippen LogP contribution is 2.24. The zero-order valence-electron chi connectivity index (χ0n) is 5.16. The monoisotopic (exact) mass is 149 g/mol. The first-order chi connectivity index (χ1) is 4.88. The molecule has 0 atom stereocenters. The number of nitrogens with one attached hydrogen (secondary N) is 1. The fourth-order valence-electron chi connectivity index (χ4n) is 0.889. The van der Waals surface area contributed by atoms with E-state index in [2.05, 4.69) is 4.37 Å². The van der Waals surface area contributed by atoms with Gasteiger partial charge in [-0.05, 0) is 23.7 Å². The number of hydrogen-bond donors (Lipinski definition) is 0. The van der Waals surface area contributed by atoms with Gasteiger partial charge in [-0.15, -0.1) is 0 Å². The maximum absolute atomic E-state index is 7.40. The molecule has 1 N–H and O–H groups in total. The van der Waals surface area contributed by atoms with Crippen molar-refractivity contribution in [1.29, 1.82) is 0 Å². The Hall–Kier alpha value is -1.09. The minimum Gasteiger partial charge on any atom is -0.289 e. The van der Waals surface area contributed by atoms with Crippen molar-refractivity contribution in [3.8, 4) is 0 Å². The van der Waals surface area contributed by atoms with Crippen LogP contribution in [0.5, 0.6) is 0 Å². The van der Waals surface area contributed by atoms with Crippen LogP contribution in [0.3, 0.4) is 0 Å². The highest BCUT2D eigenvalue weighted by molar-refractivity contribution is 7.11. The van der Waals surface area contributed by atoms with Crippen LogP contribution in [0.15, 0.2) is 24.3 Å². The van der Waals surface area contributed by atoms with Gasteiger partial charge in [-0.2, -0.15) is 4.37 Å². The van der Waals surface area contributed by atoms with E-state index in [-0.39, 0.29) is 0 Å². The van der Waals surface area contributed by atoms with Crippen LogP contribution in [0, 0.1) is 0 Å². The van der Waals surface area contributed by atoms with Crippen molar-refractivity contribution >= 4 is 27.4 Å². The average Bonchev–Trinajstić information content (AvgIpc) is 2.34. The van der Waals surface area contributed by atoms with Crippen molar-refractivity contribution in [3.63, 3.8) is 0 Å². The number of hydrogen-bond acceptors (Lipinski definition) is 2. The Morgan fingerprint density at radius 1 is 1.30 bits per heavy atom. The molecule has 1 aromatic carbocycles. The first kappa shape index (κ1) is 5.68. The van der Waals surface area contributed by atoms with Gasteiger partial charge in [-0.1, -0.05) is 12.1 Å². The summed E-state index contributed by atoms with van der Waals surface area (Å²) in [4.78, 5) is 0. The van der Waals surface area contributed by atoms with Crippen LogP contribution in [0.25, 0.3) is 10.9 Å². The van der Waals surface area contributed by atoms with E-state index in [0.717, 1.165) is 10.9 Å². The van der Waals surface area contributed by atoms with E-state index in [1.165, 1.54) is 11.5 Å². The molecular formula is C7H5N2S. The van der Waals surface area contributed by atoms with E-state index in [9.17, 15) is 0 Å². The maximum atomic E-state index is 7.40. The lowest BCUT2D eigenvalue weighted by molar-refractivity contribution is 1.62. The maximum Gasteiger partial charge on any atom is 0.135 e. The number of fused-ring (bicyclic) bond motifs is 1. The Labute approximate surface area is 62.5 Å². The molecule has 0 aliphatic rings. The third kappa shape index (κ3) is 0.675. The van der Waals surface area contributed by atoms with Gasteiger partial charge in [0.15, 0.2) is 0 Å². The topological polar surface area (TPSA) is 36.7 Å². The van der Waals surface area contributed by atoms with Crippen LogP contribution in [0.1, 0.15) is 0 Å².